The van der Waals surface area contributed by atoms with Crippen LogP contribution in [0.25, 0.3) is 0 Å². The third-order valence-electron chi connectivity index (χ3n) is 2.26. The Hall–Kier alpha value is -1.34. The van der Waals surface area contributed by atoms with Crippen LogP contribution in [-0.4, -0.2) is 25.7 Å². The zero-order valence-corrected chi connectivity index (χ0v) is 9.11. The molecule has 1 fully saturated rings. The van der Waals surface area contributed by atoms with Crippen molar-refractivity contribution in [3.05, 3.63) is 29.8 Å². The van der Waals surface area contributed by atoms with Gasteiger partial charge in [0.05, 0.1) is 13.2 Å². The predicted molar refractivity (Wildman–Crippen MR) is 52.7 cm³/mol. The Balaban J connectivity index is 2.12. The van der Waals surface area contributed by atoms with E-state index in [2.05, 4.69) is 4.74 Å². The topological polar surface area (TPSA) is 27.7 Å². The number of hydrogen-bond acceptors (Lipinski definition) is 3. The van der Waals surface area contributed by atoms with E-state index in [0.717, 1.165) is 6.07 Å². The quantitative estimate of drug-likeness (QED) is 0.784. The molecule has 2 rings (SSSR count). The monoisotopic (exact) mass is 266 g/mol. The molecule has 1 aliphatic rings. The van der Waals surface area contributed by atoms with Gasteiger partial charge in [0.15, 0.2) is 6.29 Å². The first kappa shape index (κ1) is 13.1. The van der Waals surface area contributed by atoms with Crippen LogP contribution in [0.2, 0.25) is 0 Å². The van der Waals surface area contributed by atoms with Gasteiger partial charge in [0.25, 0.3) is 0 Å². The van der Waals surface area contributed by atoms with Crippen molar-refractivity contribution in [1.82, 2.24) is 0 Å². The molecule has 100 valence electrons. The molecule has 0 radical (unpaired) electrons. The summed E-state index contributed by atoms with van der Waals surface area (Å²) in [6.07, 6.45) is -9.08. The average molecular weight is 266 g/mol. The van der Waals surface area contributed by atoms with E-state index >= 15 is 0 Å². The third-order valence-corrected chi connectivity index (χ3v) is 2.26. The van der Waals surface area contributed by atoms with Gasteiger partial charge in [-0.25, -0.2) is 0 Å². The van der Waals surface area contributed by atoms with Gasteiger partial charge >= 0.3 is 12.5 Å². The molecule has 0 bridgehead atoms. The van der Waals surface area contributed by atoms with E-state index in [9.17, 15) is 17.6 Å². The lowest BCUT2D eigenvalue weighted by atomic mass is 10.2. The molecule has 0 atom stereocenters. The molecule has 18 heavy (non-hydrogen) atoms. The van der Waals surface area contributed by atoms with E-state index < -0.39 is 18.8 Å². The molecule has 1 heterocycles. The van der Waals surface area contributed by atoms with Crippen LogP contribution in [0.4, 0.5) is 17.6 Å². The Kier molecular flexibility index (Phi) is 3.72. The molecule has 1 aliphatic heterocycles. The van der Waals surface area contributed by atoms with E-state index in [-0.39, 0.29) is 5.75 Å². The van der Waals surface area contributed by atoms with E-state index in [1.807, 2.05) is 0 Å². The summed E-state index contributed by atoms with van der Waals surface area (Å²) in [7, 11) is 0. The van der Waals surface area contributed by atoms with Crippen LogP contribution in [-0.2, 0) is 9.47 Å². The molecule has 7 heteroatoms. The maximum atomic E-state index is 12.7. The van der Waals surface area contributed by atoms with Crippen molar-refractivity contribution in [2.75, 3.05) is 13.2 Å². The van der Waals surface area contributed by atoms with E-state index in [1.165, 1.54) is 12.1 Å². The van der Waals surface area contributed by atoms with E-state index in [4.69, 9.17) is 9.47 Å². The highest BCUT2D eigenvalue weighted by Crippen LogP contribution is 2.30. The largest absolute Gasteiger partial charge is 0.461 e. The lowest BCUT2D eigenvalue weighted by Gasteiger charge is -2.18. The maximum absolute atomic E-state index is 12.7. The number of halogens is 4. The second-order valence-corrected chi connectivity index (χ2v) is 3.61. The van der Waals surface area contributed by atoms with Crippen molar-refractivity contribution < 1.29 is 31.8 Å². The summed E-state index contributed by atoms with van der Waals surface area (Å²) in [6.45, 7) is 0.784. The summed E-state index contributed by atoms with van der Waals surface area (Å²) in [6, 6.07) is 5.32. The van der Waals surface area contributed by atoms with Crippen molar-refractivity contribution in [1.29, 1.82) is 0 Å². The maximum Gasteiger partial charge on any atom is 0.461 e. The molecule has 0 N–H and O–H groups in total. The Labute approximate surface area is 100 Å². The molecule has 0 saturated carbocycles. The second kappa shape index (κ2) is 5.11. The van der Waals surface area contributed by atoms with Gasteiger partial charge in [0, 0.05) is 5.56 Å². The minimum Gasteiger partial charge on any atom is -0.428 e. The van der Waals surface area contributed by atoms with Crippen LogP contribution in [0.15, 0.2) is 24.3 Å². The molecule has 1 aromatic rings. The minimum absolute atomic E-state index is 0.364. The Morgan fingerprint density at radius 2 is 1.89 bits per heavy atom. The van der Waals surface area contributed by atoms with Crippen LogP contribution >= 0.6 is 0 Å². The predicted octanol–water partition coefficient (Wildman–Crippen LogP) is 2.97. The second-order valence-electron chi connectivity index (χ2n) is 3.61. The van der Waals surface area contributed by atoms with Crippen LogP contribution in [0.1, 0.15) is 11.9 Å². The number of rotatable bonds is 4. The first-order chi connectivity index (χ1) is 8.49. The van der Waals surface area contributed by atoms with Crippen molar-refractivity contribution >= 4 is 0 Å². The minimum atomic E-state index is -4.52. The highest BCUT2D eigenvalue weighted by atomic mass is 19.3. The highest BCUT2D eigenvalue weighted by molar-refractivity contribution is 5.29. The van der Waals surface area contributed by atoms with Crippen molar-refractivity contribution in [3.8, 4) is 5.75 Å². The highest BCUT2D eigenvalue weighted by Gasteiger charge is 2.44. The van der Waals surface area contributed by atoms with Gasteiger partial charge in [0.1, 0.15) is 5.75 Å². The summed E-state index contributed by atoms with van der Waals surface area (Å²) in [5, 5.41) is 0. The zero-order valence-electron chi connectivity index (χ0n) is 9.11. The van der Waals surface area contributed by atoms with E-state index in [1.54, 1.807) is 6.07 Å². The van der Waals surface area contributed by atoms with Crippen LogP contribution in [0.3, 0.4) is 0 Å². The van der Waals surface area contributed by atoms with Crippen molar-refractivity contribution in [3.63, 3.8) is 0 Å². The lowest BCUT2D eigenvalue weighted by Crippen LogP contribution is -2.33. The zero-order chi connectivity index (χ0) is 13.2. The fourth-order valence-corrected chi connectivity index (χ4v) is 1.48. The number of ether oxygens (including phenoxy) is 3. The lowest BCUT2D eigenvalue weighted by molar-refractivity contribution is -0.253. The van der Waals surface area contributed by atoms with Crippen molar-refractivity contribution in [2.24, 2.45) is 0 Å². The van der Waals surface area contributed by atoms with Gasteiger partial charge < -0.3 is 14.2 Å². The fraction of sp³-hybridized carbons (Fsp3) is 0.455. The molecule has 1 aromatic carbocycles. The Morgan fingerprint density at radius 1 is 1.22 bits per heavy atom. The Morgan fingerprint density at radius 3 is 2.50 bits per heavy atom. The van der Waals surface area contributed by atoms with Crippen LogP contribution < -0.4 is 4.74 Å². The summed E-state index contributed by atoms with van der Waals surface area (Å²) in [5.41, 5.74) is 0.440. The third kappa shape index (κ3) is 2.91. The SMILES string of the molecule is FC(F)C(F)(F)Oc1cccc(C2OCCO2)c1. The van der Waals surface area contributed by atoms with Crippen LogP contribution in [0, 0.1) is 0 Å². The van der Waals surface area contributed by atoms with Gasteiger partial charge in [0.2, 0.25) is 0 Å². The number of benzene rings is 1. The van der Waals surface area contributed by atoms with E-state index in [0.29, 0.717) is 18.8 Å². The molecular weight excluding hydrogens is 256 g/mol. The molecular formula is C11H10F4O3. The normalized spacial score (nSPS) is 17.4. The van der Waals surface area contributed by atoms with Gasteiger partial charge in [-0.1, -0.05) is 12.1 Å². The average Bonchev–Trinajstić information content (AvgIpc) is 2.82. The molecule has 1 saturated heterocycles. The summed E-state index contributed by atoms with van der Waals surface area (Å²) < 4.78 is 63.6. The molecule has 3 nitrogen and oxygen atoms in total. The molecule has 0 aromatic heterocycles. The van der Waals surface area contributed by atoms with Crippen LogP contribution in [0.5, 0.6) is 5.75 Å². The van der Waals surface area contributed by atoms with Gasteiger partial charge in [-0.15, -0.1) is 0 Å². The summed E-state index contributed by atoms with van der Waals surface area (Å²) >= 11 is 0. The van der Waals surface area contributed by atoms with Gasteiger partial charge in [-0.3, -0.25) is 0 Å². The number of alkyl halides is 4. The smallest absolute Gasteiger partial charge is 0.428 e. The summed E-state index contributed by atoms with van der Waals surface area (Å²) in [4.78, 5) is 0. The number of hydrogen-bond donors (Lipinski definition) is 0. The molecule has 0 unspecified atom stereocenters. The molecule has 0 aliphatic carbocycles. The van der Waals surface area contributed by atoms with Gasteiger partial charge in [-0.05, 0) is 12.1 Å². The molecule has 0 amide bonds. The first-order valence-electron chi connectivity index (χ1n) is 5.17. The van der Waals surface area contributed by atoms with Crippen molar-refractivity contribution in [2.45, 2.75) is 18.8 Å². The standard InChI is InChI=1S/C11H10F4O3/c12-10(13)11(14,15)18-8-3-1-2-7(6-8)9-16-4-5-17-9/h1-3,6,9-10H,4-5H2. The first-order valence-corrected chi connectivity index (χ1v) is 5.17. The Bertz CT molecular complexity index is 405. The fourth-order valence-electron chi connectivity index (χ4n) is 1.48. The molecule has 0 spiro atoms. The summed E-state index contributed by atoms with van der Waals surface area (Å²) in [5.74, 6) is -0.364. The van der Waals surface area contributed by atoms with Gasteiger partial charge in [-0.2, -0.15) is 17.6 Å².